The number of halogens is 1. The molecular weight excluding hydrogens is 522 g/mol. The molecule has 0 fully saturated rings. The number of nitrogens with zero attached hydrogens (tertiary/aromatic N) is 1. The summed E-state index contributed by atoms with van der Waals surface area (Å²) < 4.78 is 16.0. The first-order valence-electron chi connectivity index (χ1n) is 11.8. The van der Waals surface area contributed by atoms with Crippen LogP contribution in [0.3, 0.4) is 0 Å². The number of hydrogen-bond acceptors (Lipinski definition) is 7. The van der Waals surface area contributed by atoms with Gasteiger partial charge in [-0.25, -0.2) is 4.79 Å². The molecule has 3 aromatic carbocycles. The zero-order chi connectivity index (χ0) is 28.4. The van der Waals surface area contributed by atoms with E-state index in [4.69, 9.17) is 21.1 Å². The number of methoxy groups -OCH3 is 1. The van der Waals surface area contributed by atoms with Crippen LogP contribution in [0.4, 0.5) is 11.4 Å². The predicted molar refractivity (Wildman–Crippen MR) is 148 cm³/mol. The minimum Gasteiger partial charge on any atom is -0.490 e. The van der Waals surface area contributed by atoms with Crippen molar-refractivity contribution in [1.82, 2.24) is 0 Å². The fourth-order valence-electron chi connectivity index (χ4n) is 3.43. The molecule has 0 aliphatic rings. The molecule has 0 heterocycles. The van der Waals surface area contributed by atoms with Gasteiger partial charge >= 0.3 is 5.97 Å². The predicted octanol–water partition coefficient (Wildman–Crippen LogP) is 5.40. The number of carbonyl (C=O) groups is 3. The Morgan fingerprint density at radius 1 is 1.03 bits per heavy atom. The van der Waals surface area contributed by atoms with E-state index >= 15 is 0 Å². The number of anilines is 2. The lowest BCUT2D eigenvalue weighted by Gasteiger charge is -2.15. The summed E-state index contributed by atoms with van der Waals surface area (Å²) in [6, 6.07) is 18.3. The van der Waals surface area contributed by atoms with Gasteiger partial charge < -0.3 is 24.8 Å². The molecule has 0 unspecified atom stereocenters. The van der Waals surface area contributed by atoms with E-state index in [1.54, 1.807) is 19.1 Å². The minimum atomic E-state index is -0.661. The van der Waals surface area contributed by atoms with Crippen molar-refractivity contribution in [3.8, 4) is 17.6 Å². The lowest BCUT2D eigenvalue weighted by Crippen LogP contribution is -2.21. The summed E-state index contributed by atoms with van der Waals surface area (Å²) in [6.07, 6.45) is 1.35. The van der Waals surface area contributed by atoms with Crippen LogP contribution in [-0.4, -0.2) is 38.1 Å². The first-order valence-corrected chi connectivity index (χ1v) is 12.2. The van der Waals surface area contributed by atoms with Crippen LogP contribution in [0, 0.1) is 18.3 Å². The van der Waals surface area contributed by atoms with Crippen molar-refractivity contribution in [3.05, 3.63) is 87.9 Å². The molecule has 0 aromatic heterocycles. The van der Waals surface area contributed by atoms with Crippen molar-refractivity contribution in [2.45, 2.75) is 13.8 Å². The summed E-state index contributed by atoms with van der Waals surface area (Å²) in [4.78, 5) is 36.7. The summed E-state index contributed by atoms with van der Waals surface area (Å²) in [5.41, 5.74) is 2.49. The van der Waals surface area contributed by atoms with Gasteiger partial charge in [-0.3, -0.25) is 9.59 Å². The van der Waals surface area contributed by atoms with Gasteiger partial charge in [0.25, 0.3) is 11.8 Å². The standard InChI is InChI=1S/C29H26ClN3O6/c1-4-38-25-15-19(13-21(16-31)28(35)32-22-11-9-20(10-12-22)29(36)37-3)14-23(30)27(25)39-17-26(34)33-24-8-6-5-7-18(24)2/h5-15H,4,17H2,1-3H3,(H,32,35)(H,33,34)/b21-13-. The molecule has 0 radical (unpaired) electrons. The van der Waals surface area contributed by atoms with E-state index < -0.39 is 11.9 Å². The van der Waals surface area contributed by atoms with Gasteiger partial charge in [0.15, 0.2) is 18.1 Å². The van der Waals surface area contributed by atoms with Crippen LogP contribution in [0.2, 0.25) is 5.02 Å². The molecule has 39 heavy (non-hydrogen) atoms. The normalized spacial score (nSPS) is 10.7. The van der Waals surface area contributed by atoms with Crippen LogP contribution < -0.4 is 20.1 Å². The van der Waals surface area contributed by atoms with Crippen molar-refractivity contribution in [3.63, 3.8) is 0 Å². The Balaban J connectivity index is 1.76. The first kappa shape index (κ1) is 28.8. The summed E-state index contributed by atoms with van der Waals surface area (Å²) in [7, 11) is 1.27. The molecular formula is C29H26ClN3O6. The molecule has 0 atom stereocenters. The number of esters is 1. The van der Waals surface area contributed by atoms with E-state index in [9.17, 15) is 19.6 Å². The van der Waals surface area contributed by atoms with Crippen molar-refractivity contribution < 1.29 is 28.6 Å². The van der Waals surface area contributed by atoms with E-state index in [0.717, 1.165) is 5.56 Å². The number of rotatable bonds is 10. The second-order valence-electron chi connectivity index (χ2n) is 8.11. The number of aryl methyl sites for hydroxylation is 1. The second kappa shape index (κ2) is 13.7. The molecule has 0 aliphatic heterocycles. The number of carbonyl (C=O) groups excluding carboxylic acids is 3. The van der Waals surface area contributed by atoms with E-state index in [1.807, 2.05) is 31.2 Å². The van der Waals surface area contributed by atoms with Gasteiger partial charge in [-0.2, -0.15) is 5.26 Å². The Labute approximate surface area is 230 Å². The van der Waals surface area contributed by atoms with E-state index in [-0.39, 0.29) is 41.2 Å². The SMILES string of the molecule is CCOc1cc(/C=C(/C#N)C(=O)Nc2ccc(C(=O)OC)cc2)cc(Cl)c1OCC(=O)Nc1ccccc1C. The van der Waals surface area contributed by atoms with Crippen LogP contribution in [-0.2, 0) is 14.3 Å². The number of nitrogens with one attached hydrogen (secondary N) is 2. The van der Waals surface area contributed by atoms with Crippen LogP contribution >= 0.6 is 11.6 Å². The number of benzene rings is 3. The van der Waals surface area contributed by atoms with Crippen molar-refractivity contribution in [1.29, 1.82) is 5.26 Å². The maximum atomic E-state index is 12.7. The van der Waals surface area contributed by atoms with Gasteiger partial charge in [0.2, 0.25) is 0 Å². The van der Waals surface area contributed by atoms with E-state index in [2.05, 4.69) is 15.4 Å². The van der Waals surface area contributed by atoms with Crippen LogP contribution in [0.15, 0.2) is 66.2 Å². The smallest absolute Gasteiger partial charge is 0.337 e. The Morgan fingerprint density at radius 2 is 1.74 bits per heavy atom. The van der Waals surface area contributed by atoms with Gasteiger partial charge in [-0.1, -0.05) is 29.8 Å². The molecule has 0 aliphatic carbocycles. The maximum Gasteiger partial charge on any atom is 0.337 e. The fourth-order valence-corrected chi connectivity index (χ4v) is 3.71. The number of ether oxygens (including phenoxy) is 3. The Bertz CT molecular complexity index is 1440. The molecule has 0 bridgehead atoms. The summed E-state index contributed by atoms with van der Waals surface area (Å²) in [5.74, 6) is -1.15. The molecule has 3 rings (SSSR count). The molecule has 3 aromatic rings. The summed E-state index contributed by atoms with van der Waals surface area (Å²) >= 11 is 6.44. The van der Waals surface area contributed by atoms with Gasteiger partial charge in [-0.15, -0.1) is 0 Å². The highest BCUT2D eigenvalue weighted by atomic mass is 35.5. The number of hydrogen-bond donors (Lipinski definition) is 2. The largest absolute Gasteiger partial charge is 0.490 e. The van der Waals surface area contributed by atoms with Crippen molar-refractivity contribution in [2.75, 3.05) is 31.0 Å². The van der Waals surface area contributed by atoms with Crippen LogP contribution in [0.5, 0.6) is 11.5 Å². The molecule has 0 saturated heterocycles. The third-order valence-corrected chi connectivity index (χ3v) is 5.62. The lowest BCUT2D eigenvalue weighted by molar-refractivity contribution is -0.118. The molecule has 10 heteroatoms. The molecule has 0 spiro atoms. The highest BCUT2D eigenvalue weighted by molar-refractivity contribution is 6.32. The maximum absolute atomic E-state index is 12.7. The van der Waals surface area contributed by atoms with Crippen LogP contribution in [0.1, 0.15) is 28.4 Å². The molecule has 2 amide bonds. The average Bonchev–Trinajstić information content (AvgIpc) is 2.92. The first-order chi connectivity index (χ1) is 18.7. The fraction of sp³-hybridized carbons (Fsp3) is 0.172. The van der Waals surface area contributed by atoms with Gasteiger partial charge in [0.05, 0.1) is 24.3 Å². The van der Waals surface area contributed by atoms with Crippen LogP contribution in [0.25, 0.3) is 6.08 Å². The van der Waals surface area contributed by atoms with Gasteiger partial charge in [0.1, 0.15) is 11.6 Å². The number of nitriles is 1. The van der Waals surface area contributed by atoms with Crippen molar-refractivity contribution in [2.24, 2.45) is 0 Å². The highest BCUT2D eigenvalue weighted by Crippen LogP contribution is 2.37. The molecule has 0 saturated carbocycles. The monoisotopic (exact) mass is 547 g/mol. The minimum absolute atomic E-state index is 0.131. The van der Waals surface area contributed by atoms with Gasteiger partial charge in [0, 0.05) is 11.4 Å². The number of para-hydroxylation sites is 1. The molecule has 200 valence electrons. The Hall–Kier alpha value is -4.81. The topological polar surface area (TPSA) is 127 Å². The Morgan fingerprint density at radius 3 is 2.38 bits per heavy atom. The molecule has 9 nitrogen and oxygen atoms in total. The van der Waals surface area contributed by atoms with E-state index in [1.165, 1.54) is 43.5 Å². The third-order valence-electron chi connectivity index (χ3n) is 5.34. The van der Waals surface area contributed by atoms with Gasteiger partial charge in [-0.05, 0) is 73.5 Å². The summed E-state index contributed by atoms with van der Waals surface area (Å²) in [5, 5.41) is 15.1. The average molecular weight is 548 g/mol. The van der Waals surface area contributed by atoms with E-state index in [0.29, 0.717) is 22.5 Å². The second-order valence-corrected chi connectivity index (χ2v) is 8.51. The number of amides is 2. The Kier molecular flexibility index (Phi) is 10.1. The summed E-state index contributed by atoms with van der Waals surface area (Å²) in [6.45, 7) is 3.61. The zero-order valence-corrected chi connectivity index (χ0v) is 22.3. The highest BCUT2D eigenvalue weighted by Gasteiger charge is 2.16. The zero-order valence-electron chi connectivity index (χ0n) is 21.5. The third kappa shape index (κ3) is 7.84. The van der Waals surface area contributed by atoms with Crippen molar-refractivity contribution >= 4 is 46.8 Å². The quantitative estimate of drug-likeness (QED) is 0.198. The molecule has 2 N–H and O–H groups in total. The lowest BCUT2D eigenvalue weighted by atomic mass is 10.1.